The first kappa shape index (κ1) is 17.3. The molecule has 1 aliphatic heterocycles. The number of hydrogen-bond donors (Lipinski definition) is 2. The summed E-state index contributed by atoms with van der Waals surface area (Å²) < 4.78 is 0. The Morgan fingerprint density at radius 2 is 1.65 bits per heavy atom. The number of halogens is 4. The van der Waals surface area contributed by atoms with Gasteiger partial charge in [0.25, 0.3) is 5.91 Å². The van der Waals surface area contributed by atoms with Crippen molar-refractivity contribution in [1.82, 2.24) is 4.98 Å². The normalized spacial score (nSPS) is 13.7. The number of hydrogen-bond acceptors (Lipinski definition) is 4. The summed E-state index contributed by atoms with van der Waals surface area (Å²) in [5.41, 5.74) is 0.499. The molecule has 1 aromatic heterocycles. The molecule has 2 heterocycles. The van der Waals surface area contributed by atoms with Gasteiger partial charge >= 0.3 is 0 Å². The van der Waals surface area contributed by atoms with Gasteiger partial charge in [-0.2, -0.15) is 0 Å². The van der Waals surface area contributed by atoms with Crippen LogP contribution in [0.5, 0.6) is 5.88 Å². The fourth-order valence-electron chi connectivity index (χ4n) is 2.62. The number of amides is 1. The van der Waals surface area contributed by atoms with Crippen LogP contribution < -0.4 is 10.6 Å². The van der Waals surface area contributed by atoms with Gasteiger partial charge in [0.05, 0.1) is 20.9 Å². The standard InChI is InChI=1S/C16H6Cl4N4O2/c17-5-1-7-11(9(19)3-5)21-15(25)13(7)23-24-14-8-2-6(18)4-10(20)12(8)22-16(14)26/h1-4,21,25H. The maximum atomic E-state index is 12.1. The van der Waals surface area contributed by atoms with Gasteiger partial charge in [-0.25, -0.2) is 4.99 Å². The summed E-state index contributed by atoms with van der Waals surface area (Å²) in [4.78, 5) is 18.7. The monoisotopic (exact) mass is 426 g/mol. The number of nitrogens with one attached hydrogen (secondary N) is 1. The number of carbonyl (C=O) groups is 1. The third-order valence-electron chi connectivity index (χ3n) is 3.73. The van der Waals surface area contributed by atoms with Crippen molar-refractivity contribution in [3.63, 3.8) is 0 Å². The second-order valence-corrected chi connectivity index (χ2v) is 7.07. The lowest BCUT2D eigenvalue weighted by Gasteiger charge is -1.96. The van der Waals surface area contributed by atoms with Crippen molar-refractivity contribution in [2.45, 2.75) is 0 Å². The van der Waals surface area contributed by atoms with E-state index in [1.54, 1.807) is 6.07 Å². The quantitative estimate of drug-likeness (QED) is 0.587. The topological polar surface area (TPSA) is 90.2 Å². The predicted octanol–water partition coefficient (Wildman–Crippen LogP) is 4.54. The molecule has 0 aliphatic carbocycles. The van der Waals surface area contributed by atoms with E-state index in [2.05, 4.69) is 20.2 Å². The van der Waals surface area contributed by atoms with Crippen LogP contribution in [0.3, 0.4) is 0 Å². The number of fused-ring (bicyclic) bond motifs is 2. The molecule has 26 heavy (non-hydrogen) atoms. The SMILES string of the molecule is O=C1N=c2c(Cl)cc(Cl)cc2=C1N=Nc1c(O)[nH]c2c(Cl)cc(Cl)cc12. The van der Waals surface area contributed by atoms with Crippen molar-refractivity contribution in [3.8, 4) is 5.88 Å². The van der Waals surface area contributed by atoms with Gasteiger partial charge in [0.15, 0.2) is 11.4 Å². The molecule has 1 aliphatic rings. The van der Waals surface area contributed by atoms with Gasteiger partial charge in [-0.15, -0.1) is 10.2 Å². The van der Waals surface area contributed by atoms with E-state index in [1.807, 2.05) is 0 Å². The predicted molar refractivity (Wildman–Crippen MR) is 100 cm³/mol. The summed E-state index contributed by atoms with van der Waals surface area (Å²) >= 11 is 24.1. The zero-order valence-electron chi connectivity index (χ0n) is 12.5. The number of aromatic nitrogens is 1. The molecule has 4 rings (SSSR count). The van der Waals surface area contributed by atoms with Crippen LogP contribution >= 0.6 is 46.4 Å². The maximum absolute atomic E-state index is 12.1. The zero-order valence-corrected chi connectivity index (χ0v) is 15.5. The molecule has 1 amide bonds. The average Bonchev–Trinajstić information content (AvgIpc) is 3.03. The summed E-state index contributed by atoms with van der Waals surface area (Å²) in [6, 6.07) is 6.10. The van der Waals surface area contributed by atoms with Gasteiger partial charge in [-0.05, 0) is 24.3 Å². The molecule has 10 heteroatoms. The number of aromatic hydroxyl groups is 1. The van der Waals surface area contributed by atoms with E-state index in [-0.39, 0.29) is 27.6 Å². The third-order valence-corrected chi connectivity index (χ3v) is 4.75. The number of aromatic amines is 1. The third kappa shape index (κ3) is 2.75. The second-order valence-electron chi connectivity index (χ2n) is 5.38. The van der Waals surface area contributed by atoms with Gasteiger partial charge in [-0.1, -0.05) is 46.4 Å². The van der Waals surface area contributed by atoms with Gasteiger partial charge in [0.1, 0.15) is 0 Å². The molecule has 0 atom stereocenters. The van der Waals surface area contributed by atoms with Crippen molar-refractivity contribution >= 4 is 74.6 Å². The number of carbonyl (C=O) groups excluding carboxylic acids is 1. The highest BCUT2D eigenvalue weighted by Gasteiger charge is 2.20. The first-order valence-electron chi connectivity index (χ1n) is 7.09. The van der Waals surface area contributed by atoms with E-state index < -0.39 is 5.91 Å². The minimum Gasteiger partial charge on any atom is -0.493 e. The Hall–Kier alpha value is -2.12. The van der Waals surface area contributed by atoms with Crippen LogP contribution in [0.1, 0.15) is 0 Å². The first-order chi connectivity index (χ1) is 12.3. The summed E-state index contributed by atoms with van der Waals surface area (Å²) in [6.45, 7) is 0. The minimum absolute atomic E-state index is 0.0359. The molecular formula is C16H6Cl4N4O2. The highest BCUT2D eigenvalue weighted by Crippen LogP contribution is 2.40. The molecule has 3 aromatic rings. The van der Waals surface area contributed by atoms with E-state index in [4.69, 9.17) is 46.4 Å². The first-order valence-corrected chi connectivity index (χ1v) is 8.60. The maximum Gasteiger partial charge on any atom is 0.298 e. The van der Waals surface area contributed by atoms with Crippen molar-refractivity contribution in [2.75, 3.05) is 0 Å². The van der Waals surface area contributed by atoms with Crippen LogP contribution in [0.15, 0.2) is 39.5 Å². The van der Waals surface area contributed by atoms with Crippen LogP contribution in [0.4, 0.5) is 5.69 Å². The Morgan fingerprint density at radius 3 is 2.42 bits per heavy atom. The van der Waals surface area contributed by atoms with Crippen LogP contribution in [0, 0.1) is 0 Å². The number of nitrogens with zero attached hydrogens (tertiary/aromatic N) is 3. The fourth-order valence-corrected chi connectivity index (χ4v) is 3.70. The molecule has 0 spiro atoms. The summed E-state index contributed by atoms with van der Waals surface area (Å²) in [7, 11) is 0. The molecule has 0 saturated heterocycles. The number of benzene rings is 2. The molecule has 2 N–H and O–H groups in total. The lowest BCUT2D eigenvalue weighted by atomic mass is 10.2. The van der Waals surface area contributed by atoms with Gasteiger partial charge < -0.3 is 10.1 Å². The van der Waals surface area contributed by atoms with Crippen LogP contribution in [-0.4, -0.2) is 16.0 Å². The summed E-state index contributed by atoms with van der Waals surface area (Å²) in [6.07, 6.45) is 0. The van der Waals surface area contributed by atoms with E-state index in [9.17, 15) is 9.90 Å². The zero-order chi connectivity index (χ0) is 18.6. The Kier molecular flexibility index (Phi) is 4.16. The lowest BCUT2D eigenvalue weighted by Crippen LogP contribution is -2.23. The van der Waals surface area contributed by atoms with Crippen molar-refractivity contribution in [3.05, 3.63) is 54.9 Å². The van der Waals surface area contributed by atoms with Crippen LogP contribution in [0.25, 0.3) is 16.6 Å². The summed E-state index contributed by atoms with van der Waals surface area (Å²) in [5.74, 6) is -0.872. The number of rotatable bonds is 2. The molecule has 0 radical (unpaired) electrons. The Labute approximate surface area is 165 Å². The summed E-state index contributed by atoms with van der Waals surface area (Å²) in [5, 5.41) is 20.4. The largest absolute Gasteiger partial charge is 0.493 e. The molecule has 0 unspecified atom stereocenters. The van der Waals surface area contributed by atoms with Gasteiger partial charge in [-0.3, -0.25) is 4.79 Å². The van der Waals surface area contributed by atoms with E-state index in [0.29, 0.717) is 31.2 Å². The number of H-pyrrole nitrogens is 1. The molecule has 0 bridgehead atoms. The molecule has 130 valence electrons. The minimum atomic E-state index is -0.608. The Balaban J connectivity index is 1.92. The fraction of sp³-hybridized carbons (Fsp3) is 0. The van der Waals surface area contributed by atoms with E-state index >= 15 is 0 Å². The highest BCUT2D eigenvalue weighted by molar-refractivity contribution is 6.39. The van der Waals surface area contributed by atoms with Crippen molar-refractivity contribution in [2.24, 2.45) is 15.2 Å². The molecule has 2 aromatic carbocycles. The Bertz CT molecular complexity index is 1260. The lowest BCUT2D eigenvalue weighted by molar-refractivity contribution is -0.112. The van der Waals surface area contributed by atoms with Crippen molar-refractivity contribution < 1.29 is 9.90 Å². The molecule has 0 fully saturated rings. The Morgan fingerprint density at radius 1 is 0.962 bits per heavy atom. The number of azo groups is 1. The van der Waals surface area contributed by atoms with E-state index in [1.165, 1.54) is 18.2 Å². The molecule has 0 saturated carbocycles. The average molecular weight is 428 g/mol. The van der Waals surface area contributed by atoms with Gasteiger partial charge in [0, 0.05) is 20.7 Å². The van der Waals surface area contributed by atoms with Crippen LogP contribution in [0.2, 0.25) is 20.1 Å². The van der Waals surface area contributed by atoms with Crippen LogP contribution in [-0.2, 0) is 4.79 Å². The van der Waals surface area contributed by atoms with Gasteiger partial charge in [0.2, 0.25) is 5.88 Å². The second kappa shape index (κ2) is 6.25. The highest BCUT2D eigenvalue weighted by atomic mass is 35.5. The smallest absolute Gasteiger partial charge is 0.298 e. The van der Waals surface area contributed by atoms with Crippen molar-refractivity contribution in [1.29, 1.82) is 0 Å². The molecule has 6 nitrogen and oxygen atoms in total. The van der Waals surface area contributed by atoms with E-state index in [0.717, 1.165) is 0 Å². The molecular weight excluding hydrogens is 422 g/mol.